The van der Waals surface area contributed by atoms with Crippen LogP contribution in [-0.4, -0.2) is 52.4 Å². The Hall–Kier alpha value is -3.04. The minimum absolute atomic E-state index is 0.0911. The molecule has 0 aliphatic heterocycles. The monoisotopic (exact) mass is 509 g/mol. The topological polar surface area (TPSA) is 96.3 Å². The summed E-state index contributed by atoms with van der Waals surface area (Å²) in [6, 6.07) is 10.4. The van der Waals surface area contributed by atoms with Gasteiger partial charge in [-0.05, 0) is 49.8 Å². The van der Waals surface area contributed by atoms with Crippen molar-refractivity contribution in [1.29, 1.82) is 0 Å². The molecule has 3 aromatic rings. The molecule has 0 radical (unpaired) electrons. The van der Waals surface area contributed by atoms with Crippen molar-refractivity contribution in [3.63, 3.8) is 0 Å². The van der Waals surface area contributed by atoms with Gasteiger partial charge in [0.1, 0.15) is 11.4 Å². The van der Waals surface area contributed by atoms with Crippen molar-refractivity contribution in [3.8, 4) is 0 Å². The van der Waals surface area contributed by atoms with Crippen molar-refractivity contribution < 1.29 is 9.59 Å². The van der Waals surface area contributed by atoms with Crippen LogP contribution < -0.4 is 16.2 Å². The number of nitrogens with one attached hydrogen (secondary N) is 2. The molecule has 0 saturated heterocycles. The zero-order chi connectivity index (χ0) is 25.3. The predicted octanol–water partition coefficient (Wildman–Crippen LogP) is 2.87. The number of hydrogen-bond donors (Lipinski definition) is 2. The zero-order valence-electron chi connectivity index (χ0n) is 20.9. The van der Waals surface area contributed by atoms with Gasteiger partial charge >= 0.3 is 0 Å². The number of benzene rings is 1. The van der Waals surface area contributed by atoms with Gasteiger partial charge < -0.3 is 10.6 Å². The fraction of sp³-hybridized carbons (Fsp3) is 0.481. The maximum Gasteiger partial charge on any atom is 0.262 e. The molecule has 9 heteroatoms. The van der Waals surface area contributed by atoms with Gasteiger partial charge in [0.15, 0.2) is 0 Å². The highest BCUT2D eigenvalue weighted by Crippen LogP contribution is 2.33. The number of amides is 2. The smallest absolute Gasteiger partial charge is 0.262 e. The van der Waals surface area contributed by atoms with E-state index < -0.39 is 0 Å². The molecule has 2 aromatic heterocycles. The molecule has 1 aliphatic rings. The molecule has 0 fully saturated rings. The molecule has 4 rings (SSSR count). The van der Waals surface area contributed by atoms with Crippen LogP contribution >= 0.6 is 11.3 Å². The van der Waals surface area contributed by atoms with E-state index in [0.717, 1.165) is 62.1 Å². The summed E-state index contributed by atoms with van der Waals surface area (Å²) in [6.45, 7) is 5.64. The van der Waals surface area contributed by atoms with E-state index in [9.17, 15) is 14.4 Å². The van der Waals surface area contributed by atoms with Crippen LogP contribution in [0.5, 0.6) is 0 Å². The summed E-state index contributed by atoms with van der Waals surface area (Å²) in [6.07, 6.45) is 6.66. The number of nitrogens with zero attached hydrogens (tertiary/aromatic N) is 3. The SMILES string of the molecule is CCN(CCCNC(=O)CCNC(=O)Cn1cnc2sc3c(c2c1=O)CCCC3)Cc1ccccc1. The second-order valence-electron chi connectivity index (χ2n) is 9.23. The number of hydrogen-bond acceptors (Lipinski definition) is 6. The molecule has 2 heterocycles. The maximum absolute atomic E-state index is 13.0. The second kappa shape index (κ2) is 12.8. The number of carbonyl (C=O) groups is 2. The number of carbonyl (C=O) groups excluding carboxylic acids is 2. The summed E-state index contributed by atoms with van der Waals surface area (Å²) in [5, 5.41) is 6.35. The zero-order valence-corrected chi connectivity index (χ0v) is 21.7. The van der Waals surface area contributed by atoms with Crippen LogP contribution in [0.2, 0.25) is 0 Å². The number of aromatic nitrogens is 2. The highest BCUT2D eigenvalue weighted by molar-refractivity contribution is 7.18. The minimum atomic E-state index is -0.297. The first-order valence-electron chi connectivity index (χ1n) is 12.8. The molecule has 192 valence electrons. The lowest BCUT2D eigenvalue weighted by molar-refractivity contribution is -0.122. The van der Waals surface area contributed by atoms with E-state index in [2.05, 4.69) is 39.6 Å². The molecule has 0 atom stereocenters. The molecular weight excluding hydrogens is 474 g/mol. The van der Waals surface area contributed by atoms with Gasteiger partial charge in [-0.25, -0.2) is 4.98 Å². The van der Waals surface area contributed by atoms with Crippen LogP contribution in [0.1, 0.15) is 48.6 Å². The summed E-state index contributed by atoms with van der Waals surface area (Å²) in [4.78, 5) is 46.3. The molecule has 1 aliphatic carbocycles. The van der Waals surface area contributed by atoms with Gasteiger partial charge in [-0.1, -0.05) is 37.3 Å². The summed E-state index contributed by atoms with van der Waals surface area (Å²) < 4.78 is 1.37. The van der Waals surface area contributed by atoms with Crippen molar-refractivity contribution in [2.24, 2.45) is 0 Å². The van der Waals surface area contributed by atoms with Crippen molar-refractivity contribution in [2.75, 3.05) is 26.2 Å². The van der Waals surface area contributed by atoms with Crippen molar-refractivity contribution in [1.82, 2.24) is 25.1 Å². The normalized spacial score (nSPS) is 13.1. The quantitative estimate of drug-likeness (QED) is 0.366. The van der Waals surface area contributed by atoms with Gasteiger partial charge in [-0.3, -0.25) is 23.9 Å². The highest BCUT2D eigenvalue weighted by Gasteiger charge is 2.20. The van der Waals surface area contributed by atoms with Crippen LogP contribution in [0, 0.1) is 0 Å². The van der Waals surface area contributed by atoms with Crippen LogP contribution in [0.25, 0.3) is 10.2 Å². The average molecular weight is 510 g/mol. The lowest BCUT2D eigenvalue weighted by Crippen LogP contribution is -2.35. The number of rotatable bonds is 12. The van der Waals surface area contributed by atoms with Crippen LogP contribution in [0.3, 0.4) is 0 Å². The average Bonchev–Trinajstić information content (AvgIpc) is 3.27. The Morgan fingerprint density at radius 3 is 2.67 bits per heavy atom. The third-order valence-corrected chi connectivity index (χ3v) is 7.80. The fourth-order valence-corrected chi connectivity index (χ4v) is 5.85. The molecule has 1 aromatic carbocycles. The Kier molecular flexibility index (Phi) is 9.24. The van der Waals surface area contributed by atoms with Gasteiger partial charge in [0, 0.05) is 37.5 Å². The standard InChI is InChI=1S/C27H35N5O3S/c1-2-31(17-20-9-4-3-5-10-20)16-8-14-28-23(33)13-15-29-24(34)18-32-19-30-26-25(27(32)35)21-11-6-7-12-22(21)36-26/h3-5,9-10,19H,2,6-8,11-18H2,1H3,(H,28,33)(H,29,34). The molecule has 0 bridgehead atoms. The van der Waals surface area contributed by atoms with E-state index in [4.69, 9.17) is 0 Å². The van der Waals surface area contributed by atoms with E-state index in [1.807, 2.05) is 18.2 Å². The van der Waals surface area contributed by atoms with Crippen LogP contribution in [-0.2, 0) is 35.5 Å². The Morgan fingerprint density at radius 2 is 1.86 bits per heavy atom. The van der Waals surface area contributed by atoms with E-state index in [1.54, 1.807) is 11.3 Å². The lowest BCUT2D eigenvalue weighted by Gasteiger charge is -2.20. The van der Waals surface area contributed by atoms with Crippen LogP contribution in [0.15, 0.2) is 41.5 Å². The van der Waals surface area contributed by atoms with E-state index >= 15 is 0 Å². The first-order chi connectivity index (χ1) is 17.5. The lowest BCUT2D eigenvalue weighted by atomic mass is 9.97. The van der Waals surface area contributed by atoms with E-state index in [-0.39, 0.29) is 36.9 Å². The number of thiophene rings is 1. The summed E-state index contributed by atoms with van der Waals surface area (Å²) in [5.74, 6) is -0.388. The van der Waals surface area contributed by atoms with E-state index in [0.29, 0.717) is 11.9 Å². The minimum Gasteiger partial charge on any atom is -0.356 e. The third-order valence-electron chi connectivity index (χ3n) is 6.60. The Balaban J connectivity index is 1.16. The molecule has 2 N–H and O–H groups in total. The van der Waals surface area contributed by atoms with Crippen LogP contribution in [0.4, 0.5) is 0 Å². The summed E-state index contributed by atoms with van der Waals surface area (Å²) >= 11 is 1.60. The summed E-state index contributed by atoms with van der Waals surface area (Å²) in [5.41, 5.74) is 2.25. The fourth-order valence-electron chi connectivity index (χ4n) is 4.63. The highest BCUT2D eigenvalue weighted by atomic mass is 32.1. The number of fused-ring (bicyclic) bond motifs is 3. The Labute approximate surface area is 215 Å². The number of aryl methyl sites for hydroxylation is 2. The third kappa shape index (κ3) is 6.79. The van der Waals surface area contributed by atoms with Gasteiger partial charge in [-0.2, -0.15) is 0 Å². The molecule has 0 saturated carbocycles. The molecule has 2 amide bonds. The molecule has 0 unspecified atom stereocenters. The Bertz CT molecular complexity index is 1240. The van der Waals surface area contributed by atoms with Gasteiger partial charge in [0.2, 0.25) is 11.8 Å². The van der Waals surface area contributed by atoms with E-state index in [1.165, 1.54) is 21.3 Å². The van der Waals surface area contributed by atoms with Gasteiger partial charge in [0.25, 0.3) is 5.56 Å². The predicted molar refractivity (Wildman–Crippen MR) is 143 cm³/mol. The van der Waals surface area contributed by atoms with Crippen molar-refractivity contribution >= 4 is 33.4 Å². The van der Waals surface area contributed by atoms with Gasteiger partial charge in [0.05, 0.1) is 11.7 Å². The second-order valence-corrected chi connectivity index (χ2v) is 10.3. The molecule has 0 spiro atoms. The van der Waals surface area contributed by atoms with Crippen molar-refractivity contribution in [3.05, 3.63) is 63.0 Å². The maximum atomic E-state index is 13.0. The van der Waals surface area contributed by atoms with Gasteiger partial charge in [-0.15, -0.1) is 11.3 Å². The molecule has 36 heavy (non-hydrogen) atoms. The van der Waals surface area contributed by atoms with Crippen molar-refractivity contribution in [2.45, 2.75) is 58.5 Å². The largest absolute Gasteiger partial charge is 0.356 e. The Morgan fingerprint density at radius 1 is 1.08 bits per heavy atom. The first-order valence-corrected chi connectivity index (χ1v) is 13.7. The molecule has 8 nitrogen and oxygen atoms in total. The first kappa shape index (κ1) is 26.0. The summed E-state index contributed by atoms with van der Waals surface area (Å²) in [7, 11) is 0. The molecular formula is C27H35N5O3S.